The van der Waals surface area contributed by atoms with Gasteiger partial charge in [0.25, 0.3) is 0 Å². The summed E-state index contributed by atoms with van der Waals surface area (Å²) in [6, 6.07) is 7.15. The van der Waals surface area contributed by atoms with Crippen LogP contribution in [0.1, 0.15) is 65.5 Å². The van der Waals surface area contributed by atoms with E-state index in [9.17, 15) is 9.59 Å². The Hall–Kier alpha value is -4.61. The molecule has 0 N–H and O–H groups in total. The van der Waals surface area contributed by atoms with Crippen LogP contribution in [-0.2, 0) is 16.5 Å². The summed E-state index contributed by atoms with van der Waals surface area (Å²) in [7, 11) is 1.60. The number of rotatable bonds is 4. The molecule has 3 aromatic rings. The Labute approximate surface area is 272 Å². The van der Waals surface area contributed by atoms with Gasteiger partial charge in [-0.1, -0.05) is 18.2 Å². The minimum atomic E-state index is -0.775. The van der Waals surface area contributed by atoms with Crippen LogP contribution in [0.4, 0.5) is 22.8 Å². The van der Waals surface area contributed by atoms with E-state index in [1.54, 1.807) is 50.9 Å². The average Bonchev–Trinajstić information content (AvgIpc) is 3.36. The highest BCUT2D eigenvalue weighted by atomic mass is 19.1. The molecule has 2 aliphatic heterocycles. The topological polar surface area (TPSA) is 89.8 Å². The van der Waals surface area contributed by atoms with Gasteiger partial charge in [-0.2, -0.15) is 0 Å². The van der Waals surface area contributed by atoms with Crippen molar-refractivity contribution in [2.75, 3.05) is 26.2 Å². The molecule has 250 valence electrons. The van der Waals surface area contributed by atoms with E-state index in [-0.39, 0.29) is 53.9 Å². The first-order valence-electron chi connectivity index (χ1n) is 15.5. The number of hydrogen-bond donors (Lipinski definition) is 0. The molecular weight excluding hydrogens is 611 g/mol. The summed E-state index contributed by atoms with van der Waals surface area (Å²) in [5.41, 5.74) is 0.982. The van der Waals surface area contributed by atoms with Crippen LogP contribution < -0.4 is 0 Å². The fourth-order valence-corrected chi connectivity index (χ4v) is 5.53. The van der Waals surface area contributed by atoms with E-state index in [1.165, 1.54) is 27.7 Å². The molecule has 0 saturated heterocycles. The average molecular weight is 652 g/mol. The van der Waals surface area contributed by atoms with Gasteiger partial charge in [0, 0.05) is 44.4 Å². The summed E-state index contributed by atoms with van der Waals surface area (Å²) in [4.78, 5) is 27.8. The molecule has 0 fully saturated rings. The van der Waals surface area contributed by atoms with Gasteiger partial charge in [-0.25, -0.2) is 22.8 Å². The normalized spacial score (nSPS) is 15.7. The first-order chi connectivity index (χ1) is 22.0. The molecular formula is C35H40F3N5O4. The third kappa shape index (κ3) is 7.69. The molecule has 0 bridgehead atoms. The molecule has 9 nitrogen and oxygen atoms in total. The number of nitrogens with zero attached hydrogens (tertiary/aromatic N) is 5. The molecule has 0 atom stereocenters. The van der Waals surface area contributed by atoms with Crippen LogP contribution in [0.15, 0.2) is 42.5 Å². The molecule has 5 rings (SSSR count). The van der Waals surface area contributed by atoms with Crippen LogP contribution >= 0.6 is 0 Å². The van der Waals surface area contributed by atoms with Crippen LogP contribution in [0.25, 0.3) is 33.9 Å². The highest BCUT2D eigenvalue weighted by Crippen LogP contribution is 2.33. The van der Waals surface area contributed by atoms with Crippen molar-refractivity contribution in [1.82, 2.24) is 24.6 Å². The monoisotopic (exact) mass is 651 g/mol. The molecule has 0 spiro atoms. The van der Waals surface area contributed by atoms with E-state index in [0.717, 1.165) is 5.57 Å². The second kappa shape index (κ2) is 12.9. The number of hydrogen-bond acceptors (Lipinski definition) is 6. The highest BCUT2D eigenvalue weighted by molar-refractivity contribution is 5.76. The Morgan fingerprint density at radius 3 is 1.66 bits per heavy atom. The molecule has 2 aliphatic rings. The van der Waals surface area contributed by atoms with Crippen molar-refractivity contribution in [2.24, 2.45) is 7.05 Å². The second-order valence-corrected chi connectivity index (χ2v) is 13.7. The van der Waals surface area contributed by atoms with Gasteiger partial charge in [0.1, 0.15) is 28.7 Å². The van der Waals surface area contributed by atoms with Crippen molar-refractivity contribution in [3.8, 4) is 22.8 Å². The predicted molar refractivity (Wildman–Crippen MR) is 173 cm³/mol. The molecule has 47 heavy (non-hydrogen) atoms. The lowest BCUT2D eigenvalue weighted by Gasteiger charge is -2.29. The first-order valence-corrected chi connectivity index (χ1v) is 15.5. The number of halogens is 3. The maximum Gasteiger partial charge on any atom is 0.410 e. The van der Waals surface area contributed by atoms with Crippen molar-refractivity contribution in [3.63, 3.8) is 0 Å². The largest absolute Gasteiger partial charge is 0.444 e. The lowest BCUT2D eigenvalue weighted by Crippen LogP contribution is -2.39. The van der Waals surface area contributed by atoms with Gasteiger partial charge >= 0.3 is 12.2 Å². The number of ether oxygens (including phenoxy) is 2. The van der Waals surface area contributed by atoms with Crippen molar-refractivity contribution < 1.29 is 32.2 Å². The summed E-state index contributed by atoms with van der Waals surface area (Å²) in [6.07, 6.45) is 3.44. The number of benzene rings is 2. The van der Waals surface area contributed by atoms with Crippen LogP contribution in [0, 0.1) is 17.5 Å². The number of carbonyl (C=O) groups is 2. The zero-order chi connectivity index (χ0) is 34.3. The molecule has 2 aromatic carbocycles. The molecule has 3 heterocycles. The van der Waals surface area contributed by atoms with Crippen LogP contribution in [0.2, 0.25) is 0 Å². The molecule has 0 radical (unpaired) electrons. The van der Waals surface area contributed by atoms with Gasteiger partial charge in [-0.3, -0.25) is 0 Å². The SMILES string of the molecule is Cn1c(-c2cc(F)c(C3=CCN(C(=O)OC(C)(C)C)CC3)c(F)c2)nnc1-c1ccc(C2=CCN(C(=O)OC(C)(C)C)CC2)cc1F. The Morgan fingerprint density at radius 2 is 1.19 bits per heavy atom. The summed E-state index contributed by atoms with van der Waals surface area (Å²) in [5, 5.41) is 8.27. The highest BCUT2D eigenvalue weighted by Gasteiger charge is 2.28. The molecule has 0 aliphatic carbocycles. The Morgan fingerprint density at radius 1 is 0.702 bits per heavy atom. The number of amides is 2. The van der Waals surface area contributed by atoms with Gasteiger partial charge in [0.2, 0.25) is 0 Å². The van der Waals surface area contributed by atoms with E-state index in [4.69, 9.17) is 9.47 Å². The maximum absolute atomic E-state index is 15.5. The van der Waals surface area contributed by atoms with Crippen LogP contribution in [-0.4, -0.2) is 74.1 Å². The van der Waals surface area contributed by atoms with E-state index < -0.39 is 34.7 Å². The second-order valence-electron chi connectivity index (χ2n) is 13.7. The number of carbonyl (C=O) groups excluding carboxylic acids is 2. The molecule has 12 heteroatoms. The van der Waals surface area contributed by atoms with Crippen molar-refractivity contribution in [3.05, 3.63) is 71.1 Å². The molecule has 1 aromatic heterocycles. The van der Waals surface area contributed by atoms with E-state index in [2.05, 4.69) is 10.2 Å². The van der Waals surface area contributed by atoms with Gasteiger partial charge in [-0.15, -0.1) is 10.2 Å². The van der Waals surface area contributed by atoms with Gasteiger partial charge < -0.3 is 23.8 Å². The van der Waals surface area contributed by atoms with E-state index >= 15 is 13.2 Å². The zero-order valence-corrected chi connectivity index (χ0v) is 27.8. The minimum absolute atomic E-state index is 0.149. The smallest absolute Gasteiger partial charge is 0.410 e. The fraction of sp³-hybridized carbons (Fsp3) is 0.429. The maximum atomic E-state index is 15.5. The molecule has 0 saturated carbocycles. The Bertz CT molecular complexity index is 1740. The summed E-state index contributed by atoms with van der Waals surface area (Å²) in [6.45, 7) is 12.0. The van der Waals surface area contributed by atoms with Crippen molar-refractivity contribution in [2.45, 2.75) is 65.6 Å². The third-order valence-electron chi connectivity index (χ3n) is 7.80. The Kier molecular flexibility index (Phi) is 9.25. The molecule has 0 unspecified atom stereocenters. The van der Waals surface area contributed by atoms with E-state index in [0.29, 0.717) is 30.6 Å². The third-order valence-corrected chi connectivity index (χ3v) is 7.80. The fourth-order valence-electron chi connectivity index (χ4n) is 5.53. The van der Waals surface area contributed by atoms with Crippen molar-refractivity contribution in [1.29, 1.82) is 0 Å². The first kappa shape index (κ1) is 33.7. The van der Waals surface area contributed by atoms with Crippen LogP contribution in [0.3, 0.4) is 0 Å². The summed E-state index contributed by atoms with van der Waals surface area (Å²) in [5.74, 6) is -1.72. The number of aromatic nitrogens is 3. The van der Waals surface area contributed by atoms with Gasteiger partial charge in [0.15, 0.2) is 11.6 Å². The van der Waals surface area contributed by atoms with E-state index in [1.807, 2.05) is 26.8 Å². The van der Waals surface area contributed by atoms with Gasteiger partial charge in [0.05, 0.1) is 5.56 Å². The quantitative estimate of drug-likeness (QED) is 0.289. The van der Waals surface area contributed by atoms with Crippen molar-refractivity contribution >= 4 is 23.3 Å². The van der Waals surface area contributed by atoms with Gasteiger partial charge in [-0.05, 0) is 95.4 Å². The lowest BCUT2D eigenvalue weighted by molar-refractivity contribution is 0.0260. The lowest BCUT2D eigenvalue weighted by atomic mass is 9.97. The summed E-state index contributed by atoms with van der Waals surface area (Å²) >= 11 is 0. The molecule has 2 amide bonds. The van der Waals surface area contributed by atoms with Crippen LogP contribution in [0.5, 0.6) is 0 Å². The predicted octanol–water partition coefficient (Wildman–Crippen LogP) is 7.61. The minimum Gasteiger partial charge on any atom is -0.444 e. The standard InChI is InChI=1S/C35H40F3N5O4/c1-34(2,3)46-32(44)42-14-10-21(11-15-42)23-8-9-25(26(36)18-23)31-40-39-30(41(31)7)24-19-27(37)29(28(38)20-24)22-12-16-43(17-13-22)33(45)47-35(4,5)6/h8-10,12,18-20H,11,13-17H2,1-7H3. The summed E-state index contributed by atoms with van der Waals surface area (Å²) < 4.78 is 58.6. The Balaban J connectivity index is 1.31. The zero-order valence-electron chi connectivity index (χ0n) is 27.8.